The minimum Gasteiger partial charge on any atom is -0.456 e. The largest absolute Gasteiger partial charge is 0.456 e. The topological polar surface area (TPSA) is 32.8 Å². The van der Waals surface area contributed by atoms with Gasteiger partial charge in [-0.3, -0.25) is 4.90 Å². The minimum absolute atomic E-state index is 0.0182. The molecule has 326 valence electrons. The summed E-state index contributed by atoms with van der Waals surface area (Å²) in [5, 5.41) is 3.39. The molecule has 0 saturated carbocycles. The maximum absolute atomic E-state index is 7.35. The van der Waals surface area contributed by atoms with E-state index in [1.165, 1.54) is 72.4 Å². The number of nitrogens with zero attached hydrogens (tertiary/aromatic N) is 2. The van der Waals surface area contributed by atoms with Crippen LogP contribution in [0.1, 0.15) is 77.0 Å². The van der Waals surface area contributed by atoms with Crippen molar-refractivity contribution in [3.63, 3.8) is 0 Å². The fourth-order valence-corrected chi connectivity index (χ4v) is 11.9. The lowest BCUT2D eigenvalue weighted by atomic mass is 9.43. The van der Waals surface area contributed by atoms with Crippen molar-refractivity contribution in [1.29, 1.82) is 0 Å². The summed E-state index contributed by atoms with van der Waals surface area (Å²) in [6.45, 7) is 11.7. The average Bonchev–Trinajstić information content (AvgIpc) is 3.94. The van der Waals surface area contributed by atoms with Gasteiger partial charge in [-0.2, -0.15) is 0 Å². The number of para-hydroxylation sites is 2. The van der Waals surface area contributed by atoms with Crippen LogP contribution in [0.4, 0.5) is 28.6 Å². The maximum atomic E-state index is 7.35. The van der Waals surface area contributed by atoms with Gasteiger partial charge in [0.25, 0.3) is 0 Å². The Morgan fingerprint density at radius 3 is 1.97 bits per heavy atom. The van der Waals surface area contributed by atoms with Crippen LogP contribution >= 0.6 is 0 Å². The van der Waals surface area contributed by atoms with Crippen molar-refractivity contribution in [2.45, 2.75) is 77.6 Å². The predicted octanol–water partition coefficient (Wildman–Crippen LogP) is 16.1. The number of benzene rings is 8. The molecule has 10 aromatic rings. The molecule has 2 aliphatic heterocycles. The molecule has 5 heteroatoms. The molecule has 13 rings (SSSR count). The lowest BCUT2D eigenvalue weighted by Crippen LogP contribution is -2.61. The zero-order valence-corrected chi connectivity index (χ0v) is 39.0. The van der Waals surface area contributed by atoms with E-state index in [2.05, 4.69) is 214 Å². The number of hydrogen-bond donors (Lipinski definition) is 0. The number of anilines is 5. The van der Waals surface area contributed by atoms with Crippen LogP contribution in [-0.4, -0.2) is 6.85 Å². The van der Waals surface area contributed by atoms with Crippen molar-refractivity contribution in [2.24, 2.45) is 0 Å². The molecule has 4 heterocycles. The Hall–Kier alpha value is -7.24. The summed E-state index contributed by atoms with van der Waals surface area (Å²) >= 11 is 0. The first-order valence-electron chi connectivity index (χ1n) is 24.3. The van der Waals surface area contributed by atoms with Crippen LogP contribution in [0.15, 0.2) is 179 Å². The molecule has 0 radical (unpaired) electrons. The Bertz CT molecular complexity index is 3600. The number of aryl methyl sites for hydroxylation is 1. The van der Waals surface area contributed by atoms with Gasteiger partial charge in [0.2, 0.25) is 5.88 Å². The highest BCUT2D eigenvalue weighted by molar-refractivity contribution is 6.95. The van der Waals surface area contributed by atoms with Crippen LogP contribution < -0.4 is 20.6 Å². The minimum atomic E-state index is -0.252. The average molecular weight is 869 g/mol. The van der Waals surface area contributed by atoms with E-state index in [0.717, 1.165) is 82.3 Å². The third-order valence-electron chi connectivity index (χ3n) is 15.5. The summed E-state index contributed by atoms with van der Waals surface area (Å²) < 4.78 is 14.3. The van der Waals surface area contributed by atoms with Gasteiger partial charge in [-0.1, -0.05) is 162 Å². The summed E-state index contributed by atoms with van der Waals surface area (Å²) in [4.78, 5) is 5.10. The van der Waals surface area contributed by atoms with E-state index in [4.69, 9.17) is 8.83 Å². The van der Waals surface area contributed by atoms with Gasteiger partial charge >= 0.3 is 6.85 Å². The Morgan fingerprint density at radius 1 is 0.522 bits per heavy atom. The van der Waals surface area contributed by atoms with E-state index in [1.54, 1.807) is 0 Å². The van der Waals surface area contributed by atoms with Gasteiger partial charge in [-0.05, 0) is 123 Å². The van der Waals surface area contributed by atoms with Crippen LogP contribution in [0, 0.1) is 0 Å². The van der Waals surface area contributed by atoms with E-state index >= 15 is 0 Å². The van der Waals surface area contributed by atoms with E-state index in [0.29, 0.717) is 0 Å². The third-order valence-corrected chi connectivity index (χ3v) is 15.5. The van der Waals surface area contributed by atoms with Gasteiger partial charge in [0, 0.05) is 50.2 Å². The lowest BCUT2D eigenvalue weighted by Gasteiger charge is -2.46. The smallest absolute Gasteiger partial charge is 0.337 e. The first kappa shape index (κ1) is 40.1. The first-order valence-corrected chi connectivity index (χ1v) is 24.3. The molecule has 2 aromatic heterocycles. The highest BCUT2D eigenvalue weighted by Crippen LogP contribution is 2.55. The van der Waals surface area contributed by atoms with Crippen molar-refractivity contribution in [1.82, 2.24) is 0 Å². The molecule has 4 nitrogen and oxygen atoms in total. The molecular weight excluding hydrogens is 816 g/mol. The fourth-order valence-electron chi connectivity index (χ4n) is 11.9. The van der Waals surface area contributed by atoms with Gasteiger partial charge in [0.1, 0.15) is 16.7 Å². The number of fused-ring (bicyclic) bond motifs is 11. The van der Waals surface area contributed by atoms with Crippen LogP contribution in [-0.2, 0) is 17.3 Å². The Morgan fingerprint density at radius 2 is 1.21 bits per heavy atom. The molecule has 0 N–H and O–H groups in total. The zero-order valence-electron chi connectivity index (χ0n) is 39.0. The van der Waals surface area contributed by atoms with Crippen molar-refractivity contribution in [3.8, 4) is 33.4 Å². The Labute approximate surface area is 393 Å². The summed E-state index contributed by atoms with van der Waals surface area (Å²) in [7, 11) is 0. The molecule has 0 fully saturated rings. The summed E-state index contributed by atoms with van der Waals surface area (Å²) in [6, 6.07) is 63.0. The number of unbranched alkanes of at least 4 members (excludes halogenated alkanes) is 1. The summed E-state index contributed by atoms with van der Waals surface area (Å²) in [5.41, 5.74) is 21.0. The number of hydrogen-bond acceptors (Lipinski definition) is 4. The summed E-state index contributed by atoms with van der Waals surface area (Å²) in [5.74, 6) is 0.839. The van der Waals surface area contributed by atoms with Gasteiger partial charge in [-0.15, -0.1) is 0 Å². The molecule has 67 heavy (non-hydrogen) atoms. The van der Waals surface area contributed by atoms with Gasteiger partial charge in [-0.25, -0.2) is 0 Å². The third kappa shape index (κ3) is 6.06. The SMILES string of the molecule is CCCCc1ccc(N2c3cc4oc5ccccc5c4c4c3B(c3c2oc2ccccc32)N(c2ccc3c(c2)C(C)(C)CCC3(C)C)c2cc(-c3ccccc3)ccc2-4)c(-c2ccccc2)c1. The lowest BCUT2D eigenvalue weighted by molar-refractivity contribution is 0.332. The normalized spacial score (nSPS) is 15.4. The van der Waals surface area contributed by atoms with Gasteiger partial charge in [0.05, 0.1) is 11.4 Å². The van der Waals surface area contributed by atoms with Crippen LogP contribution in [0.5, 0.6) is 0 Å². The first-order chi connectivity index (χ1) is 32.7. The van der Waals surface area contributed by atoms with E-state index in [9.17, 15) is 0 Å². The van der Waals surface area contributed by atoms with Gasteiger partial charge in [0.15, 0.2) is 0 Å². The molecular formula is C62H53BN2O2. The van der Waals surface area contributed by atoms with Crippen LogP contribution in [0.2, 0.25) is 0 Å². The molecule has 0 bridgehead atoms. The van der Waals surface area contributed by atoms with E-state index < -0.39 is 0 Å². The number of furan rings is 2. The molecule has 8 aromatic carbocycles. The maximum Gasteiger partial charge on any atom is 0.337 e. The molecule has 0 saturated heterocycles. The Balaban J connectivity index is 1.19. The second-order valence-corrected chi connectivity index (χ2v) is 20.5. The summed E-state index contributed by atoms with van der Waals surface area (Å²) in [6.07, 6.45) is 5.62. The molecule has 0 amide bonds. The van der Waals surface area contributed by atoms with Crippen molar-refractivity contribution in [2.75, 3.05) is 9.71 Å². The monoisotopic (exact) mass is 868 g/mol. The van der Waals surface area contributed by atoms with E-state index in [1.807, 2.05) is 0 Å². The van der Waals surface area contributed by atoms with Crippen molar-refractivity contribution in [3.05, 3.63) is 187 Å². The van der Waals surface area contributed by atoms with E-state index in [-0.39, 0.29) is 17.7 Å². The van der Waals surface area contributed by atoms with Crippen LogP contribution in [0.3, 0.4) is 0 Å². The molecule has 0 atom stereocenters. The molecule has 0 unspecified atom stereocenters. The quantitative estimate of drug-likeness (QED) is 0.149. The van der Waals surface area contributed by atoms with Crippen LogP contribution in [0.25, 0.3) is 66.3 Å². The Kier molecular flexibility index (Phi) is 8.90. The fraction of sp³-hybridized carbons (Fsp3) is 0.194. The zero-order chi connectivity index (χ0) is 45.2. The highest BCUT2D eigenvalue weighted by atomic mass is 16.4. The van der Waals surface area contributed by atoms with Crippen molar-refractivity contribution < 1.29 is 8.83 Å². The standard InChI is InChI=1S/C62H53BN2O2/c1-6-7-18-39-27-32-50(47(35-39)41-21-12-9-13-22-41)64-52-38-55-56(45-23-14-16-25-53(45)66-55)57-44-30-28-42(40-19-10-8-11-20-40)36-51(44)65(43-29-31-48-49(37-43)62(4,5)34-33-61(48,2)3)63(59(52)57)58-46-24-15-17-26-54(46)67-60(58)64/h8-17,19-32,35-38H,6-7,18,33-34H2,1-5H3. The molecule has 1 aliphatic carbocycles. The highest BCUT2D eigenvalue weighted by Gasteiger charge is 2.50. The second kappa shape index (κ2) is 14.9. The second-order valence-electron chi connectivity index (χ2n) is 20.5. The van der Waals surface area contributed by atoms with Crippen molar-refractivity contribution >= 4 is 79.3 Å². The predicted molar refractivity (Wildman–Crippen MR) is 282 cm³/mol. The number of rotatable bonds is 7. The van der Waals surface area contributed by atoms with Gasteiger partial charge < -0.3 is 13.6 Å². The molecule has 0 spiro atoms. The molecule has 3 aliphatic rings.